The van der Waals surface area contributed by atoms with Crippen LogP contribution in [0.5, 0.6) is 0 Å². The average Bonchev–Trinajstić information content (AvgIpc) is 2.19. The molecule has 0 amide bonds. The summed E-state index contributed by atoms with van der Waals surface area (Å²) in [7, 11) is 0. The summed E-state index contributed by atoms with van der Waals surface area (Å²) in [5.41, 5.74) is 6.49. The molecule has 0 spiro atoms. The van der Waals surface area contributed by atoms with Crippen LogP contribution in [0.25, 0.3) is 10.9 Å². The van der Waals surface area contributed by atoms with Gasteiger partial charge in [0.2, 0.25) is 0 Å². The van der Waals surface area contributed by atoms with Crippen molar-refractivity contribution >= 4 is 22.5 Å². The molecule has 0 atom stereocenters. The molecule has 0 unspecified atom stereocenters. The Hall–Kier alpha value is -1.32. The Bertz CT molecular complexity index is 533. The first-order chi connectivity index (χ1) is 6.72. The number of pyridine rings is 1. The summed E-state index contributed by atoms with van der Waals surface area (Å²) in [4.78, 5) is 14.1. The van der Waals surface area contributed by atoms with Gasteiger partial charge in [0.1, 0.15) is 0 Å². The fraction of sp³-hybridized carbons (Fsp3) is 0.100. The molecule has 0 aliphatic carbocycles. The van der Waals surface area contributed by atoms with Gasteiger partial charge in [-0.25, -0.2) is 0 Å². The Kier molecular flexibility index (Phi) is 2.27. The van der Waals surface area contributed by atoms with Gasteiger partial charge in [0.25, 0.3) is 5.56 Å². The minimum atomic E-state index is -0.173. The predicted octanol–water partition coefficient (Wildman–Crippen LogP) is 1.64. The van der Waals surface area contributed by atoms with Gasteiger partial charge in [-0.05, 0) is 12.1 Å². The van der Waals surface area contributed by atoms with Crippen molar-refractivity contribution in [1.29, 1.82) is 0 Å². The van der Waals surface area contributed by atoms with Crippen LogP contribution in [0.2, 0.25) is 5.02 Å². The van der Waals surface area contributed by atoms with Crippen LogP contribution >= 0.6 is 11.6 Å². The van der Waals surface area contributed by atoms with E-state index in [0.717, 1.165) is 5.39 Å². The predicted molar refractivity (Wildman–Crippen MR) is 57.5 cm³/mol. The van der Waals surface area contributed by atoms with Crippen molar-refractivity contribution in [3.05, 3.63) is 45.2 Å². The van der Waals surface area contributed by atoms with Crippen molar-refractivity contribution in [3.63, 3.8) is 0 Å². The van der Waals surface area contributed by atoms with Crippen LogP contribution in [0.4, 0.5) is 0 Å². The fourth-order valence-corrected chi connectivity index (χ4v) is 1.62. The first-order valence-corrected chi connectivity index (χ1v) is 4.60. The van der Waals surface area contributed by atoms with Gasteiger partial charge < -0.3 is 10.7 Å². The third kappa shape index (κ3) is 1.41. The number of H-pyrrole nitrogens is 1. The summed E-state index contributed by atoms with van der Waals surface area (Å²) < 4.78 is 0. The number of benzene rings is 1. The molecule has 1 heterocycles. The van der Waals surface area contributed by atoms with Crippen molar-refractivity contribution in [1.82, 2.24) is 4.98 Å². The van der Waals surface area contributed by atoms with Gasteiger partial charge in [-0.1, -0.05) is 23.7 Å². The van der Waals surface area contributed by atoms with Crippen LogP contribution in [0.3, 0.4) is 0 Å². The lowest BCUT2D eigenvalue weighted by Gasteiger charge is -2.02. The smallest absolute Gasteiger partial charge is 0.252 e. The lowest BCUT2D eigenvalue weighted by molar-refractivity contribution is 1.03. The molecular weight excluding hydrogens is 200 g/mol. The molecule has 1 aromatic heterocycles. The van der Waals surface area contributed by atoms with E-state index in [1.165, 1.54) is 0 Å². The highest BCUT2D eigenvalue weighted by atomic mass is 35.5. The minimum Gasteiger partial charge on any atom is -0.326 e. The van der Waals surface area contributed by atoms with Crippen molar-refractivity contribution in [3.8, 4) is 0 Å². The summed E-state index contributed by atoms with van der Waals surface area (Å²) >= 11 is 5.92. The lowest BCUT2D eigenvalue weighted by atomic mass is 10.1. The zero-order chi connectivity index (χ0) is 10.1. The van der Waals surface area contributed by atoms with Crippen molar-refractivity contribution in [2.24, 2.45) is 5.73 Å². The number of aromatic amines is 1. The van der Waals surface area contributed by atoms with Crippen LogP contribution in [0.15, 0.2) is 29.1 Å². The summed E-state index contributed by atoms with van der Waals surface area (Å²) in [5, 5.41) is 1.45. The van der Waals surface area contributed by atoms with E-state index in [4.69, 9.17) is 17.3 Å². The van der Waals surface area contributed by atoms with E-state index in [0.29, 0.717) is 16.1 Å². The first kappa shape index (κ1) is 9.24. The zero-order valence-electron chi connectivity index (χ0n) is 7.38. The molecule has 3 N–H and O–H groups in total. The highest BCUT2D eigenvalue weighted by molar-refractivity contribution is 6.35. The molecule has 0 saturated carbocycles. The molecule has 72 valence electrons. The van der Waals surface area contributed by atoms with Gasteiger partial charge in [-0.15, -0.1) is 0 Å². The number of para-hydroxylation sites is 1. The van der Waals surface area contributed by atoms with E-state index < -0.39 is 0 Å². The number of hydrogen-bond acceptors (Lipinski definition) is 2. The maximum Gasteiger partial charge on any atom is 0.252 e. The van der Waals surface area contributed by atoms with E-state index in [2.05, 4.69) is 4.98 Å². The lowest BCUT2D eigenvalue weighted by Crippen LogP contribution is -2.15. The summed E-state index contributed by atoms with van der Waals surface area (Å²) in [6.45, 7) is 0.234. The second-order valence-electron chi connectivity index (χ2n) is 3.03. The van der Waals surface area contributed by atoms with Gasteiger partial charge in [-0.3, -0.25) is 4.79 Å². The van der Waals surface area contributed by atoms with Crippen molar-refractivity contribution in [2.75, 3.05) is 0 Å². The molecule has 14 heavy (non-hydrogen) atoms. The maximum absolute atomic E-state index is 11.4. The van der Waals surface area contributed by atoms with E-state index >= 15 is 0 Å². The van der Waals surface area contributed by atoms with Crippen molar-refractivity contribution in [2.45, 2.75) is 6.54 Å². The largest absolute Gasteiger partial charge is 0.326 e. The third-order valence-corrected chi connectivity index (χ3v) is 2.44. The summed E-state index contributed by atoms with van der Waals surface area (Å²) in [6, 6.07) is 7.22. The topological polar surface area (TPSA) is 58.9 Å². The fourth-order valence-electron chi connectivity index (χ4n) is 1.39. The SMILES string of the molecule is NCc1cc2cccc(Cl)c2[nH]c1=O. The number of hydrogen-bond donors (Lipinski definition) is 2. The van der Waals surface area contributed by atoms with Crippen LogP contribution in [-0.4, -0.2) is 4.98 Å². The number of nitrogens with one attached hydrogen (secondary N) is 1. The molecule has 0 fully saturated rings. The zero-order valence-corrected chi connectivity index (χ0v) is 8.14. The molecule has 2 aromatic rings. The molecule has 0 bridgehead atoms. The number of aromatic nitrogens is 1. The van der Waals surface area contributed by atoms with E-state index in [-0.39, 0.29) is 12.1 Å². The van der Waals surface area contributed by atoms with Crippen molar-refractivity contribution < 1.29 is 0 Å². The number of halogens is 1. The molecule has 0 radical (unpaired) electrons. The number of rotatable bonds is 1. The van der Waals surface area contributed by atoms with E-state index in [9.17, 15) is 4.79 Å². The van der Waals surface area contributed by atoms with Gasteiger partial charge in [0.15, 0.2) is 0 Å². The molecule has 0 aliphatic heterocycles. The normalized spacial score (nSPS) is 10.7. The standard InChI is InChI=1S/C10H9ClN2O/c11-8-3-1-2-6-4-7(5-12)10(14)13-9(6)8/h1-4H,5,12H2,(H,13,14). The van der Waals surface area contributed by atoms with Crippen LogP contribution in [0, 0.1) is 0 Å². The van der Waals surface area contributed by atoms with Gasteiger partial charge in [0, 0.05) is 17.5 Å². The molecule has 0 saturated heterocycles. The molecular formula is C10H9ClN2O. The first-order valence-electron chi connectivity index (χ1n) is 4.23. The summed E-state index contributed by atoms with van der Waals surface area (Å²) in [6.07, 6.45) is 0. The van der Waals surface area contributed by atoms with Crippen LogP contribution in [0.1, 0.15) is 5.56 Å². The molecule has 0 aliphatic rings. The van der Waals surface area contributed by atoms with Gasteiger partial charge >= 0.3 is 0 Å². The maximum atomic E-state index is 11.4. The second-order valence-corrected chi connectivity index (χ2v) is 3.44. The number of nitrogens with two attached hydrogens (primary N) is 1. The Balaban J connectivity index is 2.86. The molecule has 3 nitrogen and oxygen atoms in total. The highest BCUT2D eigenvalue weighted by Gasteiger charge is 2.03. The Morgan fingerprint density at radius 3 is 2.93 bits per heavy atom. The Morgan fingerprint density at radius 2 is 2.21 bits per heavy atom. The molecule has 2 rings (SSSR count). The molecule has 4 heteroatoms. The molecule has 1 aromatic carbocycles. The quantitative estimate of drug-likeness (QED) is 0.749. The highest BCUT2D eigenvalue weighted by Crippen LogP contribution is 2.19. The van der Waals surface area contributed by atoms with E-state index in [1.54, 1.807) is 12.1 Å². The Labute approximate surface area is 85.5 Å². The van der Waals surface area contributed by atoms with Crippen LogP contribution in [-0.2, 0) is 6.54 Å². The Morgan fingerprint density at radius 1 is 1.43 bits per heavy atom. The average molecular weight is 209 g/mol. The number of fused-ring (bicyclic) bond motifs is 1. The van der Waals surface area contributed by atoms with Crippen LogP contribution < -0.4 is 11.3 Å². The van der Waals surface area contributed by atoms with Gasteiger partial charge in [-0.2, -0.15) is 0 Å². The van der Waals surface area contributed by atoms with E-state index in [1.807, 2.05) is 12.1 Å². The third-order valence-electron chi connectivity index (χ3n) is 2.13. The monoisotopic (exact) mass is 208 g/mol. The minimum absolute atomic E-state index is 0.173. The van der Waals surface area contributed by atoms with Gasteiger partial charge in [0.05, 0.1) is 10.5 Å². The second kappa shape index (κ2) is 3.44. The summed E-state index contributed by atoms with van der Waals surface area (Å²) in [5.74, 6) is 0.